The van der Waals surface area contributed by atoms with Crippen LogP contribution in [0.5, 0.6) is 0 Å². The molecule has 0 fully saturated rings. The molecule has 8 heteroatoms. The molecule has 1 aromatic heterocycles. The van der Waals surface area contributed by atoms with E-state index >= 15 is 0 Å². The molecule has 0 atom stereocenters. The lowest BCUT2D eigenvalue weighted by atomic mass is 10.0. The number of H-pyrrole nitrogens is 1. The van der Waals surface area contributed by atoms with E-state index in [9.17, 15) is 22.8 Å². The highest BCUT2D eigenvalue weighted by Gasteiger charge is 2.30. The van der Waals surface area contributed by atoms with Crippen molar-refractivity contribution in [2.75, 3.05) is 20.2 Å². The number of ketones is 1. The first-order chi connectivity index (χ1) is 13.0. The van der Waals surface area contributed by atoms with Gasteiger partial charge in [0.05, 0.1) is 18.7 Å². The van der Waals surface area contributed by atoms with Crippen LogP contribution < -0.4 is 0 Å². The van der Waals surface area contributed by atoms with E-state index in [2.05, 4.69) is 4.98 Å². The van der Waals surface area contributed by atoms with Gasteiger partial charge in [-0.15, -0.1) is 0 Å². The van der Waals surface area contributed by atoms with Crippen molar-refractivity contribution in [2.45, 2.75) is 33.5 Å². The Kier molecular flexibility index (Phi) is 6.66. The Labute approximate surface area is 161 Å². The first-order valence-electron chi connectivity index (χ1n) is 8.78. The zero-order valence-electron chi connectivity index (χ0n) is 16.2. The van der Waals surface area contributed by atoms with Gasteiger partial charge in [0.1, 0.15) is 5.69 Å². The zero-order valence-corrected chi connectivity index (χ0v) is 16.2. The number of hydrogen-bond acceptors (Lipinski definition) is 4. The number of hydrogen-bond donors (Lipinski definition) is 1. The summed E-state index contributed by atoms with van der Waals surface area (Å²) in [5, 5.41) is 0. The van der Waals surface area contributed by atoms with E-state index in [1.807, 2.05) is 0 Å². The molecule has 0 amide bonds. The van der Waals surface area contributed by atoms with Gasteiger partial charge in [-0.1, -0.05) is 12.1 Å². The molecule has 0 saturated heterocycles. The van der Waals surface area contributed by atoms with E-state index in [0.717, 1.165) is 12.1 Å². The van der Waals surface area contributed by atoms with Crippen molar-refractivity contribution < 1.29 is 27.5 Å². The third-order valence-corrected chi connectivity index (χ3v) is 4.34. The highest BCUT2D eigenvalue weighted by atomic mass is 19.4. The van der Waals surface area contributed by atoms with E-state index in [0.29, 0.717) is 28.9 Å². The Morgan fingerprint density at radius 2 is 1.75 bits per heavy atom. The molecule has 0 unspecified atom stereocenters. The minimum atomic E-state index is -4.37. The molecule has 2 aromatic rings. The number of carbonyl (C=O) groups excluding carboxylic acids is 2. The Hall–Kier alpha value is -2.61. The lowest BCUT2D eigenvalue weighted by Gasteiger charge is -2.17. The van der Waals surface area contributed by atoms with Crippen molar-refractivity contribution in [1.29, 1.82) is 0 Å². The average Bonchev–Trinajstić information content (AvgIpc) is 2.89. The molecule has 28 heavy (non-hydrogen) atoms. The number of rotatable bonds is 7. The number of nitrogens with one attached hydrogen (secondary N) is 1. The summed E-state index contributed by atoms with van der Waals surface area (Å²) in [6.07, 6.45) is -4.37. The maximum absolute atomic E-state index is 12.7. The number of nitrogens with zero attached hydrogens (tertiary/aromatic N) is 1. The molecule has 0 aliphatic carbocycles. The fourth-order valence-corrected chi connectivity index (χ4v) is 3.07. The second-order valence-corrected chi connectivity index (χ2v) is 6.64. The first kappa shape index (κ1) is 21.7. The van der Waals surface area contributed by atoms with Gasteiger partial charge in [-0.25, -0.2) is 4.79 Å². The van der Waals surface area contributed by atoms with Crippen molar-refractivity contribution in [3.8, 4) is 0 Å². The standard InChI is InChI=1S/C20H23F3N2O3/c1-5-28-19(27)18-12(2)17(13(3)24-18)16(26)11-25(4)10-14-6-8-15(9-7-14)20(21,22)23/h6-9,24H,5,10-11H2,1-4H3. The van der Waals surface area contributed by atoms with Gasteiger partial charge in [0.25, 0.3) is 0 Å². The highest BCUT2D eigenvalue weighted by Crippen LogP contribution is 2.29. The number of esters is 1. The number of aromatic nitrogens is 1. The number of aryl methyl sites for hydroxylation is 1. The number of carbonyl (C=O) groups is 2. The average molecular weight is 396 g/mol. The van der Waals surface area contributed by atoms with Crippen LogP contribution >= 0.6 is 0 Å². The van der Waals surface area contributed by atoms with Crippen LogP contribution in [0, 0.1) is 13.8 Å². The summed E-state index contributed by atoms with van der Waals surface area (Å²) in [6.45, 7) is 5.69. The number of ether oxygens (including phenoxy) is 1. The van der Waals surface area contributed by atoms with E-state index in [1.165, 1.54) is 12.1 Å². The SMILES string of the molecule is CCOC(=O)c1[nH]c(C)c(C(=O)CN(C)Cc2ccc(C(F)(F)F)cc2)c1C. The van der Waals surface area contributed by atoms with Crippen LogP contribution in [0.2, 0.25) is 0 Å². The number of benzene rings is 1. The summed E-state index contributed by atoms with van der Waals surface area (Å²) in [5.41, 5.74) is 1.76. The van der Waals surface area contributed by atoms with Gasteiger partial charge in [0.2, 0.25) is 0 Å². The molecule has 0 aliphatic heterocycles. The second kappa shape index (κ2) is 8.60. The molecule has 0 saturated carbocycles. The summed E-state index contributed by atoms with van der Waals surface area (Å²) in [6, 6.07) is 4.85. The van der Waals surface area contributed by atoms with E-state index in [1.54, 1.807) is 32.7 Å². The lowest BCUT2D eigenvalue weighted by Crippen LogP contribution is -2.26. The van der Waals surface area contributed by atoms with Gasteiger partial charge in [-0.3, -0.25) is 9.69 Å². The smallest absolute Gasteiger partial charge is 0.416 e. The van der Waals surface area contributed by atoms with Crippen molar-refractivity contribution >= 4 is 11.8 Å². The molecule has 1 aromatic carbocycles. The Bertz CT molecular complexity index is 855. The number of aromatic amines is 1. The van der Waals surface area contributed by atoms with Gasteiger partial charge in [0, 0.05) is 17.8 Å². The van der Waals surface area contributed by atoms with E-state index < -0.39 is 17.7 Å². The van der Waals surface area contributed by atoms with Crippen molar-refractivity contribution in [1.82, 2.24) is 9.88 Å². The fraction of sp³-hybridized carbons (Fsp3) is 0.400. The van der Waals surface area contributed by atoms with Crippen LogP contribution in [0.25, 0.3) is 0 Å². The minimum Gasteiger partial charge on any atom is -0.461 e. The minimum absolute atomic E-state index is 0.0584. The number of Topliss-reactive ketones (excluding diaryl/α,β-unsaturated/α-hetero) is 1. The number of halogens is 3. The summed E-state index contributed by atoms with van der Waals surface area (Å²) in [7, 11) is 1.71. The largest absolute Gasteiger partial charge is 0.461 e. The monoisotopic (exact) mass is 396 g/mol. The third-order valence-electron chi connectivity index (χ3n) is 4.34. The van der Waals surface area contributed by atoms with Gasteiger partial charge < -0.3 is 9.72 Å². The predicted octanol–water partition coefficient (Wildman–Crippen LogP) is 4.14. The van der Waals surface area contributed by atoms with Crippen LogP contribution in [-0.2, 0) is 17.5 Å². The number of alkyl halides is 3. The zero-order chi connectivity index (χ0) is 21.1. The molecule has 2 rings (SSSR count). The maximum atomic E-state index is 12.7. The van der Waals surface area contributed by atoms with Crippen LogP contribution in [0.4, 0.5) is 13.2 Å². The summed E-state index contributed by atoms with van der Waals surface area (Å²) in [5.74, 6) is -0.698. The molecular formula is C20H23F3N2O3. The molecule has 152 valence electrons. The molecule has 1 heterocycles. The lowest BCUT2D eigenvalue weighted by molar-refractivity contribution is -0.137. The van der Waals surface area contributed by atoms with Crippen LogP contribution in [0.15, 0.2) is 24.3 Å². The van der Waals surface area contributed by atoms with Gasteiger partial charge >= 0.3 is 12.1 Å². The maximum Gasteiger partial charge on any atom is 0.416 e. The molecule has 0 radical (unpaired) electrons. The van der Waals surface area contributed by atoms with E-state index in [4.69, 9.17) is 4.74 Å². The molecule has 0 bridgehead atoms. The Balaban J connectivity index is 2.07. The molecular weight excluding hydrogens is 373 g/mol. The normalized spacial score (nSPS) is 11.7. The molecule has 0 aliphatic rings. The summed E-state index contributed by atoms with van der Waals surface area (Å²) < 4.78 is 42.9. The second-order valence-electron chi connectivity index (χ2n) is 6.64. The Morgan fingerprint density at radius 1 is 1.14 bits per heavy atom. The predicted molar refractivity (Wildman–Crippen MR) is 98.3 cm³/mol. The third kappa shape index (κ3) is 5.01. The van der Waals surface area contributed by atoms with Crippen molar-refractivity contribution in [3.05, 3.63) is 57.9 Å². The molecule has 1 N–H and O–H groups in total. The van der Waals surface area contributed by atoms with Gasteiger partial charge in [-0.2, -0.15) is 13.2 Å². The number of likely N-dealkylation sites (N-methyl/N-ethyl adjacent to an activating group) is 1. The topological polar surface area (TPSA) is 62.4 Å². The van der Waals surface area contributed by atoms with Crippen molar-refractivity contribution in [2.24, 2.45) is 0 Å². The highest BCUT2D eigenvalue weighted by molar-refractivity contribution is 6.03. The van der Waals surface area contributed by atoms with Gasteiger partial charge in [0.15, 0.2) is 5.78 Å². The van der Waals surface area contributed by atoms with Crippen LogP contribution in [-0.4, -0.2) is 41.8 Å². The van der Waals surface area contributed by atoms with E-state index in [-0.39, 0.29) is 24.6 Å². The van der Waals surface area contributed by atoms with Crippen LogP contribution in [0.1, 0.15) is 50.2 Å². The Morgan fingerprint density at radius 3 is 2.29 bits per heavy atom. The fourth-order valence-electron chi connectivity index (χ4n) is 3.07. The van der Waals surface area contributed by atoms with Gasteiger partial charge in [-0.05, 0) is 51.1 Å². The molecule has 0 spiro atoms. The van der Waals surface area contributed by atoms with Crippen LogP contribution in [0.3, 0.4) is 0 Å². The quantitative estimate of drug-likeness (QED) is 0.564. The molecule has 5 nitrogen and oxygen atoms in total. The summed E-state index contributed by atoms with van der Waals surface area (Å²) in [4.78, 5) is 29.3. The summed E-state index contributed by atoms with van der Waals surface area (Å²) >= 11 is 0. The first-order valence-corrected chi connectivity index (χ1v) is 8.78. The van der Waals surface area contributed by atoms with Crippen molar-refractivity contribution in [3.63, 3.8) is 0 Å².